The van der Waals surface area contributed by atoms with Crippen LogP contribution in [0.3, 0.4) is 0 Å². The Morgan fingerprint density at radius 3 is 2.50 bits per heavy atom. The molecule has 0 radical (unpaired) electrons. The van der Waals surface area contributed by atoms with Gasteiger partial charge in [-0.3, -0.25) is 4.79 Å². The van der Waals surface area contributed by atoms with Crippen molar-refractivity contribution in [1.29, 1.82) is 0 Å². The monoisotopic (exact) mass is 257 g/mol. The topological polar surface area (TPSA) is 95.7 Å². The summed E-state index contributed by atoms with van der Waals surface area (Å²) >= 11 is 0. The number of likely N-dealkylation sites (tertiary alicyclic amines) is 1. The van der Waals surface area contributed by atoms with E-state index in [9.17, 15) is 14.7 Å². The van der Waals surface area contributed by atoms with Crippen LogP contribution in [0.15, 0.2) is 0 Å². The number of nitrogens with one attached hydrogen (secondary N) is 1. The Hall–Kier alpha value is -1.30. The van der Waals surface area contributed by atoms with Crippen LogP contribution in [0.2, 0.25) is 0 Å². The van der Waals surface area contributed by atoms with Crippen LogP contribution >= 0.6 is 0 Å². The van der Waals surface area contributed by atoms with Gasteiger partial charge in [0.05, 0.1) is 6.10 Å². The molecule has 1 aliphatic rings. The number of rotatable bonds is 3. The number of piperidine rings is 1. The minimum absolute atomic E-state index is 0.0212. The number of nitrogens with two attached hydrogens (primary N) is 1. The molecule has 1 aliphatic heterocycles. The molecule has 6 heteroatoms. The number of carbonyl (C=O) groups is 2. The van der Waals surface area contributed by atoms with Gasteiger partial charge in [-0.15, -0.1) is 0 Å². The lowest BCUT2D eigenvalue weighted by atomic mass is 9.95. The van der Waals surface area contributed by atoms with E-state index in [2.05, 4.69) is 5.32 Å². The van der Waals surface area contributed by atoms with Gasteiger partial charge in [0.15, 0.2) is 0 Å². The van der Waals surface area contributed by atoms with E-state index in [0.717, 1.165) is 0 Å². The van der Waals surface area contributed by atoms with Crippen molar-refractivity contribution in [2.75, 3.05) is 13.1 Å². The molecule has 0 spiro atoms. The number of primary amides is 1. The predicted octanol–water partition coefficient (Wildman–Crippen LogP) is -0.0914. The van der Waals surface area contributed by atoms with Crippen LogP contribution in [0.25, 0.3) is 0 Å². The van der Waals surface area contributed by atoms with Crippen LogP contribution in [0.1, 0.15) is 27.2 Å². The number of hydrogen-bond donors (Lipinski definition) is 3. The highest BCUT2D eigenvalue weighted by molar-refractivity contribution is 5.86. The quantitative estimate of drug-likeness (QED) is 0.659. The molecule has 3 unspecified atom stereocenters. The van der Waals surface area contributed by atoms with Gasteiger partial charge < -0.3 is 21.1 Å². The number of aliphatic hydroxyl groups is 1. The lowest BCUT2D eigenvalue weighted by Crippen LogP contribution is -2.55. The minimum atomic E-state index is -0.688. The molecule has 0 aromatic rings. The lowest BCUT2D eigenvalue weighted by molar-refractivity contribution is -0.137. The first kappa shape index (κ1) is 14.8. The zero-order valence-corrected chi connectivity index (χ0v) is 11.2. The van der Waals surface area contributed by atoms with E-state index in [-0.39, 0.29) is 23.8 Å². The zero-order valence-electron chi connectivity index (χ0n) is 11.2. The highest BCUT2D eigenvalue weighted by Gasteiger charge is 2.32. The lowest BCUT2D eigenvalue weighted by Gasteiger charge is -2.37. The largest absolute Gasteiger partial charge is 0.393 e. The predicted molar refractivity (Wildman–Crippen MR) is 67.7 cm³/mol. The van der Waals surface area contributed by atoms with Crippen LogP contribution in [0, 0.1) is 11.8 Å². The molecule has 3 atom stereocenters. The van der Waals surface area contributed by atoms with Gasteiger partial charge in [-0.1, -0.05) is 20.8 Å². The van der Waals surface area contributed by atoms with E-state index in [1.54, 1.807) is 4.90 Å². The fourth-order valence-corrected chi connectivity index (χ4v) is 2.20. The molecule has 18 heavy (non-hydrogen) atoms. The van der Waals surface area contributed by atoms with Crippen LogP contribution in [-0.4, -0.2) is 47.2 Å². The zero-order chi connectivity index (χ0) is 13.9. The normalized spacial score (nSPS) is 25.9. The van der Waals surface area contributed by atoms with Crippen molar-refractivity contribution in [2.24, 2.45) is 17.6 Å². The Balaban J connectivity index is 2.68. The molecule has 1 saturated heterocycles. The molecule has 0 bridgehead atoms. The molecule has 0 aliphatic carbocycles. The molecule has 3 amide bonds. The Morgan fingerprint density at radius 2 is 2.06 bits per heavy atom. The standard InChI is InChI=1S/C12H23N3O3/c1-7(2)10(14-12(13)18)11(17)15-5-4-9(16)8(3)6-15/h7-10,16H,4-6H2,1-3H3,(H3,13,14,18). The minimum Gasteiger partial charge on any atom is -0.393 e. The number of carbonyl (C=O) groups excluding carboxylic acids is 2. The van der Waals surface area contributed by atoms with Gasteiger partial charge in [-0.05, 0) is 18.3 Å². The highest BCUT2D eigenvalue weighted by atomic mass is 16.3. The fourth-order valence-electron chi connectivity index (χ4n) is 2.20. The summed E-state index contributed by atoms with van der Waals surface area (Å²) in [4.78, 5) is 24.9. The molecule has 4 N–H and O–H groups in total. The number of amides is 3. The maximum atomic E-state index is 12.3. The van der Waals surface area contributed by atoms with Gasteiger partial charge in [0.2, 0.25) is 5.91 Å². The molecule has 6 nitrogen and oxygen atoms in total. The summed E-state index contributed by atoms with van der Waals surface area (Å²) in [6.45, 7) is 6.68. The molecule has 1 heterocycles. The van der Waals surface area contributed by atoms with Crippen LogP contribution < -0.4 is 11.1 Å². The van der Waals surface area contributed by atoms with Gasteiger partial charge in [0.25, 0.3) is 0 Å². The first-order valence-corrected chi connectivity index (χ1v) is 6.35. The summed E-state index contributed by atoms with van der Waals surface area (Å²) < 4.78 is 0. The Labute approximate surface area is 108 Å². The number of nitrogens with zero attached hydrogens (tertiary/aromatic N) is 1. The van der Waals surface area contributed by atoms with E-state index in [1.807, 2.05) is 20.8 Å². The van der Waals surface area contributed by atoms with Crippen molar-refractivity contribution in [3.63, 3.8) is 0 Å². The second kappa shape index (κ2) is 6.04. The molecule has 0 aromatic carbocycles. The Kier molecular flexibility index (Phi) is 4.95. The summed E-state index contributed by atoms with van der Waals surface area (Å²) in [5.41, 5.74) is 5.09. The first-order valence-electron chi connectivity index (χ1n) is 6.35. The third-order valence-corrected chi connectivity index (χ3v) is 3.40. The van der Waals surface area contributed by atoms with Crippen molar-refractivity contribution < 1.29 is 14.7 Å². The summed E-state index contributed by atoms with van der Waals surface area (Å²) in [7, 11) is 0. The second-order valence-electron chi connectivity index (χ2n) is 5.35. The molecule has 0 saturated carbocycles. The van der Waals surface area contributed by atoms with Gasteiger partial charge in [0.1, 0.15) is 6.04 Å². The summed E-state index contributed by atoms with van der Waals surface area (Å²) in [5.74, 6) is -0.0844. The molecule has 1 fully saturated rings. The van der Waals surface area contributed by atoms with Crippen molar-refractivity contribution in [2.45, 2.75) is 39.3 Å². The maximum absolute atomic E-state index is 12.3. The summed E-state index contributed by atoms with van der Waals surface area (Å²) in [6, 6.07) is -1.28. The first-order chi connectivity index (χ1) is 8.32. The van der Waals surface area contributed by atoms with Crippen molar-refractivity contribution >= 4 is 11.9 Å². The third-order valence-electron chi connectivity index (χ3n) is 3.40. The second-order valence-corrected chi connectivity index (χ2v) is 5.35. The molecular formula is C12H23N3O3. The molecule has 1 rings (SSSR count). The highest BCUT2D eigenvalue weighted by Crippen LogP contribution is 2.18. The van der Waals surface area contributed by atoms with E-state index in [0.29, 0.717) is 19.5 Å². The summed E-state index contributed by atoms with van der Waals surface area (Å²) in [6.07, 6.45) is 0.226. The smallest absolute Gasteiger partial charge is 0.312 e. The number of urea groups is 1. The van der Waals surface area contributed by atoms with Crippen molar-refractivity contribution in [3.8, 4) is 0 Å². The van der Waals surface area contributed by atoms with E-state index < -0.39 is 12.1 Å². The van der Waals surface area contributed by atoms with Crippen LogP contribution in [0.4, 0.5) is 4.79 Å². The fraction of sp³-hybridized carbons (Fsp3) is 0.833. The number of aliphatic hydroxyl groups excluding tert-OH is 1. The van der Waals surface area contributed by atoms with Gasteiger partial charge in [-0.2, -0.15) is 0 Å². The van der Waals surface area contributed by atoms with E-state index in [4.69, 9.17) is 5.73 Å². The van der Waals surface area contributed by atoms with Crippen molar-refractivity contribution in [1.82, 2.24) is 10.2 Å². The third kappa shape index (κ3) is 3.60. The molecule has 0 aromatic heterocycles. The van der Waals surface area contributed by atoms with Crippen molar-refractivity contribution in [3.05, 3.63) is 0 Å². The molecule has 104 valence electrons. The van der Waals surface area contributed by atoms with Crippen LogP contribution in [-0.2, 0) is 4.79 Å². The Morgan fingerprint density at radius 1 is 1.44 bits per heavy atom. The average molecular weight is 257 g/mol. The summed E-state index contributed by atoms with van der Waals surface area (Å²) in [5, 5.41) is 12.1. The van der Waals surface area contributed by atoms with Crippen LogP contribution in [0.5, 0.6) is 0 Å². The Bertz CT molecular complexity index is 320. The van der Waals surface area contributed by atoms with Gasteiger partial charge in [0, 0.05) is 13.1 Å². The molecular weight excluding hydrogens is 234 g/mol. The SMILES string of the molecule is CC(C)C(NC(N)=O)C(=O)N1CCC(O)C(C)C1. The van der Waals surface area contributed by atoms with Gasteiger partial charge in [-0.25, -0.2) is 4.79 Å². The average Bonchev–Trinajstić information content (AvgIpc) is 2.28. The van der Waals surface area contributed by atoms with Gasteiger partial charge >= 0.3 is 6.03 Å². The van der Waals surface area contributed by atoms with E-state index in [1.165, 1.54) is 0 Å². The number of hydrogen-bond acceptors (Lipinski definition) is 3. The maximum Gasteiger partial charge on any atom is 0.312 e. The van der Waals surface area contributed by atoms with E-state index >= 15 is 0 Å².